The number of benzene rings is 2. The topological polar surface area (TPSA) is 114 Å². The van der Waals surface area contributed by atoms with Crippen molar-refractivity contribution in [2.24, 2.45) is 0 Å². The predicted molar refractivity (Wildman–Crippen MR) is 100.0 cm³/mol. The van der Waals surface area contributed by atoms with E-state index in [0.717, 1.165) is 11.6 Å². The molecule has 3 N–H and O–H groups in total. The van der Waals surface area contributed by atoms with Gasteiger partial charge in [0.1, 0.15) is 10.6 Å². The fraction of sp³-hybridized carbons (Fsp3) is 0.176. The van der Waals surface area contributed by atoms with Gasteiger partial charge in [0, 0.05) is 5.56 Å². The number of nitrogens with one attached hydrogen (secondary N) is 3. The van der Waals surface area contributed by atoms with Crippen LogP contribution < -0.4 is 20.3 Å². The molecule has 0 aliphatic carbocycles. The number of aryl methyl sites for hydroxylation is 1. The van der Waals surface area contributed by atoms with Gasteiger partial charge in [-0.25, -0.2) is 13.1 Å². The van der Waals surface area contributed by atoms with Crippen molar-refractivity contribution < 1.29 is 22.7 Å². The Morgan fingerprint density at radius 1 is 1.11 bits per heavy atom. The standard InChI is InChI=1S/C17H18ClN3O5S/c1-11-5-3-4-6-14(11)26-10-16(22)20-21-17(23)12-7-8-13(18)15(9-12)27(24,25)19-2/h3-9,19H,10H2,1-2H3,(H,20,22)(H,21,23). The number of rotatable bonds is 6. The Labute approximate surface area is 161 Å². The van der Waals surface area contributed by atoms with Crippen molar-refractivity contribution in [1.29, 1.82) is 0 Å². The Hall–Kier alpha value is -2.62. The molecule has 8 nitrogen and oxygen atoms in total. The predicted octanol–water partition coefficient (Wildman–Crippen LogP) is 1.40. The molecule has 27 heavy (non-hydrogen) atoms. The van der Waals surface area contributed by atoms with E-state index in [1.165, 1.54) is 19.2 Å². The molecule has 0 saturated carbocycles. The minimum atomic E-state index is -3.83. The highest BCUT2D eigenvalue weighted by Gasteiger charge is 2.18. The summed E-state index contributed by atoms with van der Waals surface area (Å²) >= 11 is 5.87. The van der Waals surface area contributed by atoms with Crippen LogP contribution in [0.1, 0.15) is 15.9 Å². The summed E-state index contributed by atoms with van der Waals surface area (Å²) in [6.45, 7) is 1.54. The summed E-state index contributed by atoms with van der Waals surface area (Å²) in [7, 11) is -2.60. The highest BCUT2D eigenvalue weighted by molar-refractivity contribution is 7.89. The Balaban J connectivity index is 1.96. The van der Waals surface area contributed by atoms with Gasteiger partial charge in [0.05, 0.1) is 5.02 Å². The van der Waals surface area contributed by atoms with Gasteiger partial charge in [-0.2, -0.15) is 0 Å². The van der Waals surface area contributed by atoms with E-state index in [0.29, 0.717) is 5.75 Å². The molecule has 0 heterocycles. The maximum atomic E-state index is 12.1. The number of carbonyl (C=O) groups is 2. The van der Waals surface area contributed by atoms with E-state index in [1.54, 1.807) is 12.1 Å². The van der Waals surface area contributed by atoms with Crippen LogP contribution in [0, 0.1) is 6.92 Å². The third-order valence-corrected chi connectivity index (χ3v) is 5.42. The highest BCUT2D eigenvalue weighted by atomic mass is 35.5. The normalized spacial score (nSPS) is 10.9. The van der Waals surface area contributed by atoms with Crippen molar-refractivity contribution in [2.75, 3.05) is 13.7 Å². The summed E-state index contributed by atoms with van der Waals surface area (Å²) in [4.78, 5) is 23.7. The first kappa shape index (κ1) is 20.7. The zero-order chi connectivity index (χ0) is 20.0. The van der Waals surface area contributed by atoms with E-state index in [2.05, 4.69) is 15.6 Å². The second-order valence-corrected chi connectivity index (χ2v) is 7.67. The number of para-hydroxylation sites is 1. The van der Waals surface area contributed by atoms with Crippen molar-refractivity contribution in [3.05, 3.63) is 58.6 Å². The molecule has 0 bridgehead atoms. The third kappa shape index (κ3) is 5.43. The van der Waals surface area contributed by atoms with Crippen LogP contribution in [-0.4, -0.2) is 33.9 Å². The van der Waals surface area contributed by atoms with Gasteiger partial charge in [-0.1, -0.05) is 29.8 Å². The molecule has 0 aliphatic heterocycles. The Morgan fingerprint density at radius 2 is 1.81 bits per heavy atom. The maximum absolute atomic E-state index is 12.1. The lowest BCUT2D eigenvalue weighted by Gasteiger charge is -2.11. The largest absolute Gasteiger partial charge is 0.483 e. The van der Waals surface area contributed by atoms with Crippen LogP contribution in [0.25, 0.3) is 0 Å². The van der Waals surface area contributed by atoms with Crippen molar-refractivity contribution in [1.82, 2.24) is 15.6 Å². The average Bonchev–Trinajstić information content (AvgIpc) is 2.65. The maximum Gasteiger partial charge on any atom is 0.276 e. The summed E-state index contributed by atoms with van der Waals surface area (Å²) in [5.74, 6) is -0.731. The molecular weight excluding hydrogens is 394 g/mol. The number of hydrogen-bond acceptors (Lipinski definition) is 5. The lowest BCUT2D eigenvalue weighted by atomic mass is 10.2. The first-order valence-corrected chi connectivity index (χ1v) is 9.61. The van der Waals surface area contributed by atoms with E-state index in [1.807, 2.05) is 19.1 Å². The van der Waals surface area contributed by atoms with Crippen LogP contribution in [0.4, 0.5) is 0 Å². The number of ether oxygens (including phenoxy) is 1. The molecule has 0 aromatic heterocycles. The molecular formula is C17H18ClN3O5S. The number of amides is 2. The molecule has 10 heteroatoms. The van der Waals surface area contributed by atoms with Gasteiger partial charge in [-0.3, -0.25) is 20.4 Å². The van der Waals surface area contributed by atoms with Gasteiger partial charge in [0.2, 0.25) is 10.0 Å². The van der Waals surface area contributed by atoms with Crippen LogP contribution in [0.2, 0.25) is 5.02 Å². The number of sulfonamides is 1. The summed E-state index contributed by atoms with van der Waals surface area (Å²) in [5.41, 5.74) is 5.26. The van der Waals surface area contributed by atoms with Crippen LogP contribution >= 0.6 is 11.6 Å². The molecule has 2 aromatic rings. The van der Waals surface area contributed by atoms with E-state index in [4.69, 9.17) is 16.3 Å². The van der Waals surface area contributed by atoms with Crippen molar-refractivity contribution in [3.8, 4) is 5.75 Å². The molecule has 0 saturated heterocycles. The second kappa shape index (κ2) is 8.85. The minimum absolute atomic E-state index is 0.00773. The minimum Gasteiger partial charge on any atom is -0.483 e. The van der Waals surface area contributed by atoms with Crippen molar-refractivity contribution in [2.45, 2.75) is 11.8 Å². The number of carbonyl (C=O) groups excluding carboxylic acids is 2. The monoisotopic (exact) mass is 411 g/mol. The van der Waals surface area contributed by atoms with Gasteiger partial charge in [0.15, 0.2) is 6.61 Å². The molecule has 0 aliphatic rings. The number of hydrogen-bond donors (Lipinski definition) is 3. The average molecular weight is 412 g/mol. The van der Waals surface area contributed by atoms with Crippen LogP contribution in [-0.2, 0) is 14.8 Å². The van der Waals surface area contributed by atoms with Gasteiger partial charge in [0.25, 0.3) is 11.8 Å². The van der Waals surface area contributed by atoms with Gasteiger partial charge in [-0.15, -0.1) is 0 Å². The zero-order valence-electron chi connectivity index (χ0n) is 14.6. The SMILES string of the molecule is CNS(=O)(=O)c1cc(C(=O)NNC(=O)COc2ccccc2C)ccc1Cl. The van der Waals surface area contributed by atoms with Gasteiger partial charge in [-0.05, 0) is 43.8 Å². The highest BCUT2D eigenvalue weighted by Crippen LogP contribution is 2.22. The lowest BCUT2D eigenvalue weighted by Crippen LogP contribution is -2.43. The van der Waals surface area contributed by atoms with E-state index in [9.17, 15) is 18.0 Å². The lowest BCUT2D eigenvalue weighted by molar-refractivity contribution is -0.123. The van der Waals surface area contributed by atoms with Crippen LogP contribution in [0.3, 0.4) is 0 Å². The molecule has 0 fully saturated rings. The van der Waals surface area contributed by atoms with Gasteiger partial charge >= 0.3 is 0 Å². The Morgan fingerprint density at radius 3 is 2.48 bits per heavy atom. The molecule has 2 rings (SSSR count). The first-order valence-electron chi connectivity index (χ1n) is 7.75. The fourth-order valence-corrected chi connectivity index (χ4v) is 3.31. The molecule has 0 atom stereocenters. The van der Waals surface area contributed by atoms with Crippen LogP contribution in [0.5, 0.6) is 5.75 Å². The second-order valence-electron chi connectivity index (χ2n) is 5.41. The first-order chi connectivity index (χ1) is 12.7. The van der Waals surface area contributed by atoms with E-state index >= 15 is 0 Å². The quantitative estimate of drug-likeness (QED) is 0.622. The molecule has 144 valence electrons. The van der Waals surface area contributed by atoms with Gasteiger partial charge < -0.3 is 4.74 Å². The summed E-state index contributed by atoms with van der Waals surface area (Å²) < 4.78 is 31.3. The number of hydrazine groups is 1. The van der Waals surface area contributed by atoms with Crippen molar-refractivity contribution >= 4 is 33.4 Å². The molecule has 0 radical (unpaired) electrons. The third-order valence-electron chi connectivity index (χ3n) is 3.52. The molecule has 0 unspecified atom stereocenters. The molecule has 0 spiro atoms. The smallest absolute Gasteiger partial charge is 0.276 e. The zero-order valence-corrected chi connectivity index (χ0v) is 16.1. The summed E-state index contributed by atoms with van der Waals surface area (Å²) in [5, 5.41) is -0.0310. The van der Waals surface area contributed by atoms with E-state index in [-0.39, 0.29) is 22.1 Å². The summed E-state index contributed by atoms with van der Waals surface area (Å²) in [6.07, 6.45) is 0. The molecule has 2 amide bonds. The summed E-state index contributed by atoms with van der Waals surface area (Å²) in [6, 6.07) is 10.9. The Kier molecular flexibility index (Phi) is 6.78. The fourth-order valence-electron chi connectivity index (χ4n) is 2.06. The van der Waals surface area contributed by atoms with Crippen molar-refractivity contribution in [3.63, 3.8) is 0 Å². The number of halogens is 1. The van der Waals surface area contributed by atoms with E-state index < -0.39 is 21.8 Å². The molecule has 2 aromatic carbocycles. The Bertz CT molecular complexity index is 963. The van der Waals surface area contributed by atoms with Crippen LogP contribution in [0.15, 0.2) is 47.4 Å².